The first-order valence-electron chi connectivity index (χ1n) is 8.16. The lowest BCUT2D eigenvalue weighted by Gasteiger charge is -2.23. The lowest BCUT2D eigenvalue weighted by molar-refractivity contribution is -0.154. The average molecular weight is 307 g/mol. The number of rotatable bonds is 5. The molecule has 5 nitrogen and oxygen atoms in total. The molecule has 3 rings (SSSR count). The molecule has 0 aromatic carbocycles. The third-order valence-electron chi connectivity index (χ3n) is 4.60. The number of nitrogens with zero attached hydrogens (tertiary/aromatic N) is 1. The Bertz CT molecular complexity index is 513. The van der Waals surface area contributed by atoms with Gasteiger partial charge < -0.3 is 14.4 Å². The van der Waals surface area contributed by atoms with Crippen molar-refractivity contribution in [1.29, 1.82) is 0 Å². The van der Waals surface area contributed by atoms with Crippen LogP contribution in [0.4, 0.5) is 0 Å². The number of hydrogen-bond acceptors (Lipinski definition) is 4. The summed E-state index contributed by atoms with van der Waals surface area (Å²) in [4.78, 5) is 27.0. The first kappa shape index (κ1) is 15.5. The normalized spacial score (nSPS) is 35.8. The molecule has 22 heavy (non-hydrogen) atoms. The third-order valence-corrected chi connectivity index (χ3v) is 4.60. The Balaban J connectivity index is 1.79. The fourth-order valence-corrected chi connectivity index (χ4v) is 3.79. The largest absolute Gasteiger partial charge is 0.465 e. The smallest absolute Gasteiger partial charge is 0.312 e. The van der Waals surface area contributed by atoms with E-state index in [1.165, 1.54) is 0 Å². The van der Waals surface area contributed by atoms with Gasteiger partial charge in [0.15, 0.2) is 0 Å². The number of esters is 1. The molecule has 5 heteroatoms. The van der Waals surface area contributed by atoms with E-state index in [0.29, 0.717) is 25.6 Å². The molecule has 122 valence electrons. The summed E-state index contributed by atoms with van der Waals surface area (Å²) in [6.07, 6.45) is 3.59. The van der Waals surface area contributed by atoms with Crippen molar-refractivity contribution in [1.82, 2.24) is 4.90 Å². The Morgan fingerprint density at radius 2 is 2.14 bits per heavy atom. The fraction of sp³-hybridized carbons (Fsp3) is 0.765. The van der Waals surface area contributed by atoms with Crippen LogP contribution in [0, 0.1) is 23.7 Å². The van der Waals surface area contributed by atoms with E-state index in [2.05, 4.69) is 13.8 Å². The minimum Gasteiger partial charge on any atom is -0.465 e. The molecule has 2 fully saturated rings. The van der Waals surface area contributed by atoms with Gasteiger partial charge in [-0.2, -0.15) is 0 Å². The minimum atomic E-state index is -0.613. The molecule has 0 aliphatic carbocycles. The van der Waals surface area contributed by atoms with Crippen molar-refractivity contribution in [3.63, 3.8) is 0 Å². The van der Waals surface area contributed by atoms with E-state index in [0.717, 1.165) is 0 Å². The number of carbonyl (C=O) groups excluding carboxylic acids is 2. The van der Waals surface area contributed by atoms with Crippen LogP contribution in [0.25, 0.3) is 0 Å². The second-order valence-electron chi connectivity index (χ2n) is 7.54. The highest BCUT2D eigenvalue weighted by Crippen LogP contribution is 2.52. The molecule has 0 N–H and O–H groups in total. The number of carbonyl (C=O) groups is 2. The molecule has 0 radical (unpaired) electrons. The van der Waals surface area contributed by atoms with Crippen LogP contribution in [0.15, 0.2) is 12.2 Å². The van der Waals surface area contributed by atoms with Crippen molar-refractivity contribution < 1.29 is 19.1 Å². The van der Waals surface area contributed by atoms with Crippen LogP contribution < -0.4 is 0 Å². The topological polar surface area (TPSA) is 55.8 Å². The maximum absolute atomic E-state index is 12.8. The second-order valence-corrected chi connectivity index (χ2v) is 7.54. The number of amides is 1. The van der Waals surface area contributed by atoms with Crippen LogP contribution in [-0.4, -0.2) is 48.2 Å². The fourth-order valence-electron chi connectivity index (χ4n) is 3.79. The highest BCUT2D eigenvalue weighted by molar-refractivity contribution is 5.91. The Kier molecular flexibility index (Phi) is 3.79. The Labute approximate surface area is 131 Å². The molecule has 4 atom stereocenters. The summed E-state index contributed by atoms with van der Waals surface area (Å²) in [5.41, 5.74) is -0.613. The van der Waals surface area contributed by atoms with E-state index in [1.807, 2.05) is 30.9 Å². The van der Waals surface area contributed by atoms with Gasteiger partial charge in [0.05, 0.1) is 25.2 Å². The van der Waals surface area contributed by atoms with E-state index in [1.54, 1.807) is 0 Å². The molecule has 0 saturated carbocycles. The predicted molar refractivity (Wildman–Crippen MR) is 80.9 cm³/mol. The molecular formula is C17H25NO4. The van der Waals surface area contributed by atoms with Crippen molar-refractivity contribution in [3.05, 3.63) is 12.2 Å². The van der Waals surface area contributed by atoms with Gasteiger partial charge in [0.1, 0.15) is 11.5 Å². The van der Waals surface area contributed by atoms with Gasteiger partial charge in [-0.05, 0) is 11.8 Å². The van der Waals surface area contributed by atoms with Gasteiger partial charge in [0, 0.05) is 6.54 Å². The van der Waals surface area contributed by atoms with Crippen molar-refractivity contribution in [2.24, 2.45) is 23.7 Å². The summed E-state index contributed by atoms with van der Waals surface area (Å²) >= 11 is 0. The van der Waals surface area contributed by atoms with Crippen molar-refractivity contribution in [2.75, 3.05) is 19.7 Å². The molecule has 0 aromatic heterocycles. The zero-order valence-electron chi connectivity index (χ0n) is 13.7. The maximum atomic E-state index is 12.8. The monoisotopic (exact) mass is 307 g/mol. The lowest BCUT2D eigenvalue weighted by Crippen LogP contribution is -2.40. The standard InChI is InChI=1S/C17H25NO4/c1-10(2)7-18-9-17-6-5-12(22-17)13(14(17)15(18)19)16(20)21-8-11(3)4/h5-6,10-14H,7-9H2,1-4H3/t12-,13?,14+,17-/m1/s1. The number of ether oxygens (including phenoxy) is 2. The highest BCUT2D eigenvalue weighted by atomic mass is 16.6. The SMILES string of the molecule is CC(C)COC(=O)C1[C@H]2C(=O)N(CC(C)C)C[C@]23C=C[C@H]1O3. The van der Waals surface area contributed by atoms with Gasteiger partial charge in [0.25, 0.3) is 0 Å². The number of fused-ring (bicyclic) bond motifs is 1. The molecule has 3 aliphatic rings. The minimum absolute atomic E-state index is 0.0343. The summed E-state index contributed by atoms with van der Waals surface area (Å²) in [6.45, 7) is 9.80. The highest BCUT2D eigenvalue weighted by Gasteiger charge is 2.67. The van der Waals surface area contributed by atoms with E-state index >= 15 is 0 Å². The summed E-state index contributed by atoms with van der Waals surface area (Å²) in [6, 6.07) is 0. The average Bonchev–Trinajstić information content (AvgIpc) is 3.04. The van der Waals surface area contributed by atoms with Crippen molar-refractivity contribution in [2.45, 2.75) is 39.4 Å². The maximum Gasteiger partial charge on any atom is 0.312 e. The predicted octanol–water partition coefficient (Wildman–Crippen LogP) is 1.62. The molecule has 2 bridgehead atoms. The van der Waals surface area contributed by atoms with E-state index < -0.39 is 17.4 Å². The van der Waals surface area contributed by atoms with Gasteiger partial charge >= 0.3 is 5.97 Å². The molecule has 3 heterocycles. The van der Waals surface area contributed by atoms with Gasteiger partial charge in [-0.25, -0.2) is 0 Å². The van der Waals surface area contributed by atoms with Crippen LogP contribution in [0.5, 0.6) is 0 Å². The van der Waals surface area contributed by atoms with Crippen LogP contribution in [0.2, 0.25) is 0 Å². The molecular weight excluding hydrogens is 282 g/mol. The molecule has 0 aromatic rings. The molecule has 3 aliphatic heterocycles. The zero-order chi connectivity index (χ0) is 16.1. The van der Waals surface area contributed by atoms with E-state index in [4.69, 9.17) is 9.47 Å². The summed E-state index contributed by atoms with van der Waals surface area (Å²) in [5, 5.41) is 0. The first-order valence-corrected chi connectivity index (χ1v) is 8.16. The molecule has 1 unspecified atom stereocenters. The van der Waals surface area contributed by atoms with Crippen LogP contribution in [0.1, 0.15) is 27.7 Å². The number of likely N-dealkylation sites (tertiary alicyclic amines) is 1. The van der Waals surface area contributed by atoms with Crippen LogP contribution in [0.3, 0.4) is 0 Å². The van der Waals surface area contributed by atoms with Gasteiger partial charge in [-0.1, -0.05) is 39.8 Å². The summed E-state index contributed by atoms with van der Waals surface area (Å²) in [7, 11) is 0. The summed E-state index contributed by atoms with van der Waals surface area (Å²) in [5.74, 6) is -0.493. The van der Waals surface area contributed by atoms with E-state index in [-0.39, 0.29) is 23.9 Å². The third kappa shape index (κ3) is 2.35. The van der Waals surface area contributed by atoms with Crippen LogP contribution in [-0.2, 0) is 19.1 Å². The number of hydrogen-bond donors (Lipinski definition) is 0. The second kappa shape index (κ2) is 5.37. The first-order chi connectivity index (χ1) is 10.3. The quantitative estimate of drug-likeness (QED) is 0.572. The van der Waals surface area contributed by atoms with Crippen molar-refractivity contribution in [3.8, 4) is 0 Å². The van der Waals surface area contributed by atoms with Gasteiger partial charge in [-0.15, -0.1) is 0 Å². The lowest BCUT2D eigenvalue weighted by atomic mass is 9.77. The van der Waals surface area contributed by atoms with Crippen molar-refractivity contribution >= 4 is 11.9 Å². The van der Waals surface area contributed by atoms with Gasteiger partial charge in [0.2, 0.25) is 5.91 Å². The Hall–Kier alpha value is -1.36. The molecule has 1 spiro atoms. The van der Waals surface area contributed by atoms with Crippen LogP contribution >= 0.6 is 0 Å². The van der Waals surface area contributed by atoms with E-state index in [9.17, 15) is 9.59 Å². The molecule has 2 saturated heterocycles. The Morgan fingerprint density at radius 3 is 2.77 bits per heavy atom. The molecule has 1 amide bonds. The zero-order valence-corrected chi connectivity index (χ0v) is 13.7. The van der Waals surface area contributed by atoms with Gasteiger partial charge in [-0.3, -0.25) is 9.59 Å². The summed E-state index contributed by atoms with van der Waals surface area (Å²) < 4.78 is 11.4. The Morgan fingerprint density at radius 1 is 1.41 bits per heavy atom.